The molecule has 5 rings (SSSR count). The number of H-pyrrole nitrogens is 1. The maximum Gasteiger partial charge on any atom is 0.330 e. The van der Waals surface area contributed by atoms with Crippen molar-refractivity contribution in [2.75, 3.05) is 33.2 Å². The second-order valence-corrected chi connectivity index (χ2v) is 17.6. The van der Waals surface area contributed by atoms with E-state index in [4.69, 9.17) is 28.0 Å². The van der Waals surface area contributed by atoms with Gasteiger partial charge in [-0.3, -0.25) is 14.3 Å². The highest BCUT2D eigenvalue weighted by molar-refractivity contribution is 8.00. The van der Waals surface area contributed by atoms with E-state index in [1.165, 1.54) is 16.8 Å². The van der Waals surface area contributed by atoms with Gasteiger partial charge < -0.3 is 28.0 Å². The lowest BCUT2D eigenvalue weighted by atomic mass is 9.80. The van der Waals surface area contributed by atoms with Gasteiger partial charge in [0.15, 0.2) is 6.23 Å². The fourth-order valence-electron chi connectivity index (χ4n) is 7.43. The maximum absolute atomic E-state index is 13.5. The zero-order valence-corrected chi connectivity index (χ0v) is 37.0. The van der Waals surface area contributed by atoms with Gasteiger partial charge in [-0.1, -0.05) is 80.8 Å². The van der Waals surface area contributed by atoms with Crippen molar-refractivity contribution in [2.45, 2.75) is 108 Å². The Balaban J connectivity index is 1.67. The lowest BCUT2D eigenvalue weighted by Crippen LogP contribution is -2.42. The predicted octanol–water partition coefficient (Wildman–Crippen LogP) is 8.80. The molecule has 0 bridgehead atoms. The highest BCUT2D eigenvalue weighted by Crippen LogP contribution is 2.52. The van der Waals surface area contributed by atoms with Gasteiger partial charge >= 0.3 is 5.69 Å². The summed E-state index contributed by atoms with van der Waals surface area (Å²) in [7, 11) is 1.55. The van der Waals surface area contributed by atoms with E-state index in [1.807, 2.05) is 78.9 Å². The molecule has 59 heavy (non-hydrogen) atoms. The fourth-order valence-corrected chi connectivity index (χ4v) is 10.7. The van der Waals surface area contributed by atoms with Crippen molar-refractivity contribution >= 4 is 20.3 Å². The van der Waals surface area contributed by atoms with Gasteiger partial charge in [-0.05, 0) is 80.8 Å². The number of unbranched alkanes of at least 4 members (excludes halogenated alkanes) is 3. The van der Waals surface area contributed by atoms with E-state index in [9.17, 15) is 14.9 Å². The molecule has 1 aliphatic heterocycles. The molecule has 4 aromatic rings. The van der Waals surface area contributed by atoms with Gasteiger partial charge in [0.1, 0.15) is 29.3 Å². The lowest BCUT2D eigenvalue weighted by Gasteiger charge is -2.39. The van der Waals surface area contributed by atoms with Gasteiger partial charge in [0.2, 0.25) is 0 Å². The molecule has 1 fully saturated rings. The minimum atomic E-state index is -1.73. The lowest BCUT2D eigenvalue weighted by molar-refractivity contribution is -0.0925. The first kappa shape index (κ1) is 46.1. The first-order chi connectivity index (χ1) is 28.6. The van der Waals surface area contributed by atoms with Crippen LogP contribution >= 0.6 is 20.3 Å². The van der Waals surface area contributed by atoms with Crippen LogP contribution in [-0.2, 0) is 24.1 Å². The number of nitrogens with zero attached hydrogens (tertiary/aromatic N) is 3. The highest BCUT2D eigenvalue weighted by atomic mass is 32.2. The molecule has 1 aliphatic rings. The number of nitrogens with one attached hydrogen (secondary N) is 1. The summed E-state index contributed by atoms with van der Waals surface area (Å²) in [4.78, 5) is 28.2. The average Bonchev–Trinajstić information content (AvgIpc) is 3.57. The van der Waals surface area contributed by atoms with Crippen molar-refractivity contribution in [3.63, 3.8) is 0 Å². The third-order valence-electron chi connectivity index (χ3n) is 10.2. The molecule has 5 atom stereocenters. The molecule has 0 saturated carbocycles. The molecule has 1 saturated heterocycles. The summed E-state index contributed by atoms with van der Waals surface area (Å²) >= 11 is 1.69. The normalized spacial score (nSPS) is 18.7. The van der Waals surface area contributed by atoms with E-state index in [0.29, 0.717) is 11.5 Å². The monoisotopic (exact) mass is 846 g/mol. The number of aromatic nitrogens is 2. The van der Waals surface area contributed by atoms with Crippen LogP contribution in [0.3, 0.4) is 0 Å². The van der Waals surface area contributed by atoms with Gasteiger partial charge in [-0.15, -0.1) is 0 Å². The molecule has 14 heteroatoms. The van der Waals surface area contributed by atoms with Crippen LogP contribution in [0.25, 0.3) is 0 Å². The molecule has 1 aromatic heterocycles. The number of aromatic amines is 1. The van der Waals surface area contributed by atoms with Gasteiger partial charge in [0.05, 0.1) is 45.2 Å². The number of benzene rings is 3. The van der Waals surface area contributed by atoms with Crippen molar-refractivity contribution in [1.82, 2.24) is 14.2 Å². The van der Waals surface area contributed by atoms with Crippen molar-refractivity contribution < 1.29 is 28.0 Å². The topological polar surface area (TPSA) is 137 Å². The van der Waals surface area contributed by atoms with Crippen molar-refractivity contribution in [2.24, 2.45) is 0 Å². The van der Waals surface area contributed by atoms with Crippen LogP contribution in [0.15, 0.2) is 101 Å². The van der Waals surface area contributed by atoms with Crippen LogP contribution in [0.5, 0.6) is 11.5 Å². The zero-order valence-electron chi connectivity index (χ0n) is 35.2. The van der Waals surface area contributed by atoms with Gasteiger partial charge in [0.25, 0.3) is 14.1 Å². The number of hydrogen-bond donors (Lipinski definition) is 1. The number of nitriles is 1. The van der Waals surface area contributed by atoms with Crippen molar-refractivity contribution in [3.8, 4) is 17.6 Å². The second kappa shape index (κ2) is 22.6. The van der Waals surface area contributed by atoms with E-state index in [2.05, 4.69) is 50.3 Å². The molecule has 1 unspecified atom stereocenters. The van der Waals surface area contributed by atoms with E-state index >= 15 is 0 Å². The highest BCUT2D eigenvalue weighted by Gasteiger charge is 2.51. The fraction of sp³-hybridized carbons (Fsp3) is 0.489. The molecular weight excluding hydrogens is 788 g/mol. The molecule has 3 aromatic carbocycles. The first-order valence-electron chi connectivity index (χ1n) is 20.4. The van der Waals surface area contributed by atoms with E-state index in [1.54, 1.807) is 26.0 Å². The standard InChI is InChI=1S/C45H59N4O8PS/c1-8-9-10-14-30-59-42-41(57-58(55-29-15-27-46)49(32(2)3)33(4)5)39(56-43(42)48-28-26-40(50)47-44(48)51)31-54-45(34-16-12-11-13-17-34,35-18-22-37(52-6)23-19-35)36-20-24-38(53-7)25-21-36/h11-13,16-26,28,32-33,39,41-43H,8-10,14-15,29-31H2,1-7H3,(H,47,50,51)/t39-,41-,42-,43-,58?/m1/s1. The van der Waals surface area contributed by atoms with Gasteiger partial charge in [-0.2, -0.15) is 17.0 Å². The summed E-state index contributed by atoms with van der Waals surface area (Å²) in [6.07, 6.45) is 3.77. The third-order valence-corrected chi connectivity index (χ3v) is 13.8. The molecule has 318 valence electrons. The Hall–Kier alpha value is -3.99. The number of ether oxygens (including phenoxy) is 4. The van der Waals surface area contributed by atoms with Gasteiger partial charge in [0, 0.05) is 24.3 Å². The minimum Gasteiger partial charge on any atom is -0.497 e. The summed E-state index contributed by atoms with van der Waals surface area (Å²) in [6.45, 7) is 10.8. The second-order valence-electron chi connectivity index (χ2n) is 14.9. The Morgan fingerprint density at radius 1 is 0.881 bits per heavy atom. The van der Waals surface area contributed by atoms with Crippen LogP contribution in [0.2, 0.25) is 0 Å². The molecular formula is C45H59N4O8PS. The molecule has 0 aliphatic carbocycles. The van der Waals surface area contributed by atoms with Crippen LogP contribution in [0.4, 0.5) is 0 Å². The quantitative estimate of drug-likeness (QED) is 0.0436. The van der Waals surface area contributed by atoms with Crippen LogP contribution in [-0.4, -0.2) is 76.9 Å². The largest absolute Gasteiger partial charge is 0.497 e. The van der Waals surface area contributed by atoms with Gasteiger partial charge in [-0.25, -0.2) is 9.46 Å². The molecule has 1 N–H and O–H groups in total. The Bertz CT molecular complexity index is 1970. The third kappa shape index (κ3) is 11.4. The van der Waals surface area contributed by atoms with Crippen molar-refractivity contribution in [1.29, 1.82) is 5.26 Å². The smallest absolute Gasteiger partial charge is 0.330 e. The van der Waals surface area contributed by atoms with Crippen LogP contribution < -0.4 is 20.7 Å². The van der Waals surface area contributed by atoms with Crippen LogP contribution in [0, 0.1) is 11.3 Å². The summed E-state index contributed by atoms with van der Waals surface area (Å²) in [5.74, 6) is 2.21. The molecule has 2 heterocycles. The summed E-state index contributed by atoms with van der Waals surface area (Å²) in [6, 6.07) is 29.3. The predicted molar refractivity (Wildman–Crippen MR) is 234 cm³/mol. The average molecular weight is 847 g/mol. The maximum atomic E-state index is 13.5. The number of rotatable bonds is 23. The molecule has 0 amide bonds. The first-order valence-corrected chi connectivity index (χ1v) is 22.6. The molecule has 0 radical (unpaired) electrons. The Kier molecular flexibility index (Phi) is 17.6. The Morgan fingerprint density at radius 3 is 2.03 bits per heavy atom. The van der Waals surface area contributed by atoms with E-state index in [0.717, 1.165) is 48.1 Å². The zero-order chi connectivity index (χ0) is 42.4. The summed E-state index contributed by atoms with van der Waals surface area (Å²) < 4.78 is 42.8. The van der Waals surface area contributed by atoms with E-state index in [-0.39, 0.29) is 31.7 Å². The minimum absolute atomic E-state index is 0.0316. The SMILES string of the molecule is CCCCCCS[C@@H]1[C@H](OP(OCCC#N)N(C(C)C)C(C)C)[C@@H](COC(c2ccccc2)(c2ccc(OC)cc2)c2ccc(OC)cc2)O[C@H]1n1ccc(=O)[nH]c1=O. The summed E-state index contributed by atoms with van der Waals surface area (Å²) in [5, 5.41) is 9.06. The number of hydrogen-bond acceptors (Lipinski definition) is 11. The summed E-state index contributed by atoms with van der Waals surface area (Å²) in [5.41, 5.74) is 0.369. The molecule has 12 nitrogen and oxygen atoms in total. The number of thioether (sulfide) groups is 1. The Morgan fingerprint density at radius 2 is 1.49 bits per heavy atom. The van der Waals surface area contributed by atoms with Crippen molar-refractivity contribution in [3.05, 3.63) is 129 Å². The Labute approximate surface area is 354 Å². The molecule has 0 spiro atoms. The van der Waals surface area contributed by atoms with Crippen LogP contribution in [0.1, 0.15) is 89.6 Å². The van der Waals surface area contributed by atoms with E-state index < -0.39 is 49.1 Å². The number of methoxy groups -OCH3 is 2.